The quantitative estimate of drug-likeness (QED) is 0.700. The molecule has 3 aromatic rings. The van der Waals surface area contributed by atoms with E-state index in [1.807, 2.05) is 78.6 Å². The first-order valence-electron chi connectivity index (χ1n) is 10.2. The molecule has 2 aromatic carbocycles. The van der Waals surface area contributed by atoms with E-state index >= 15 is 0 Å². The SMILES string of the molecule is CCOc1ccccc1NC(=O)N1CCN(c2ccc(-c3ccccc3)nn2)CC1. The summed E-state index contributed by atoms with van der Waals surface area (Å²) in [6.45, 7) is 5.12. The highest BCUT2D eigenvalue weighted by Crippen LogP contribution is 2.24. The maximum absolute atomic E-state index is 12.7. The first-order valence-corrected chi connectivity index (χ1v) is 10.2. The number of rotatable bonds is 5. The summed E-state index contributed by atoms with van der Waals surface area (Å²) in [7, 11) is 0. The maximum Gasteiger partial charge on any atom is 0.322 e. The van der Waals surface area contributed by atoms with Crippen molar-refractivity contribution in [3.63, 3.8) is 0 Å². The zero-order valence-electron chi connectivity index (χ0n) is 17.0. The van der Waals surface area contributed by atoms with Gasteiger partial charge in [-0.3, -0.25) is 0 Å². The molecule has 0 atom stereocenters. The van der Waals surface area contributed by atoms with Crippen molar-refractivity contribution in [2.75, 3.05) is 43.0 Å². The van der Waals surface area contributed by atoms with Crippen molar-refractivity contribution in [1.82, 2.24) is 15.1 Å². The number of nitrogens with one attached hydrogen (secondary N) is 1. The molecule has 1 aromatic heterocycles. The van der Waals surface area contributed by atoms with E-state index in [0.717, 1.165) is 17.1 Å². The fourth-order valence-electron chi connectivity index (χ4n) is 3.44. The lowest BCUT2D eigenvalue weighted by atomic mass is 10.1. The molecule has 1 fully saturated rings. The monoisotopic (exact) mass is 403 g/mol. The Morgan fingerprint density at radius 3 is 2.37 bits per heavy atom. The van der Waals surface area contributed by atoms with Gasteiger partial charge in [0.1, 0.15) is 5.75 Å². The van der Waals surface area contributed by atoms with Crippen LogP contribution >= 0.6 is 0 Å². The number of carbonyl (C=O) groups excluding carboxylic acids is 1. The number of carbonyl (C=O) groups is 1. The summed E-state index contributed by atoms with van der Waals surface area (Å²) in [5.74, 6) is 1.51. The van der Waals surface area contributed by atoms with Crippen LogP contribution in [0.4, 0.5) is 16.3 Å². The highest BCUT2D eigenvalue weighted by atomic mass is 16.5. The molecule has 154 valence electrons. The standard InChI is InChI=1S/C23H25N5O2/c1-2-30-21-11-7-6-10-20(21)24-23(29)28-16-14-27(15-17-28)22-13-12-19(25-26-22)18-8-4-3-5-9-18/h3-13H,2,14-17H2,1H3,(H,24,29). The van der Waals surface area contributed by atoms with Crippen LogP contribution in [-0.4, -0.2) is 53.9 Å². The van der Waals surface area contributed by atoms with Crippen LogP contribution in [-0.2, 0) is 0 Å². The number of hydrogen-bond donors (Lipinski definition) is 1. The number of anilines is 2. The Hall–Kier alpha value is -3.61. The molecule has 7 nitrogen and oxygen atoms in total. The van der Waals surface area contributed by atoms with Gasteiger partial charge >= 0.3 is 6.03 Å². The zero-order chi connectivity index (χ0) is 20.8. The van der Waals surface area contributed by atoms with Gasteiger partial charge in [0.15, 0.2) is 5.82 Å². The van der Waals surface area contributed by atoms with Crippen LogP contribution in [0.1, 0.15) is 6.92 Å². The minimum Gasteiger partial charge on any atom is -0.492 e. The molecule has 0 aliphatic carbocycles. The second kappa shape index (κ2) is 9.26. The molecule has 7 heteroatoms. The largest absolute Gasteiger partial charge is 0.492 e. The Labute approximate surface area is 176 Å². The van der Waals surface area contributed by atoms with Crippen molar-refractivity contribution >= 4 is 17.5 Å². The number of amides is 2. The zero-order valence-corrected chi connectivity index (χ0v) is 17.0. The molecule has 0 spiro atoms. The van der Waals surface area contributed by atoms with Gasteiger partial charge in [-0.2, -0.15) is 0 Å². The molecule has 2 heterocycles. The third-order valence-corrected chi connectivity index (χ3v) is 5.04. The molecule has 1 aliphatic heterocycles. The Morgan fingerprint density at radius 2 is 1.67 bits per heavy atom. The molecule has 1 N–H and O–H groups in total. The van der Waals surface area contributed by atoms with Crippen molar-refractivity contribution in [3.8, 4) is 17.0 Å². The van der Waals surface area contributed by atoms with Gasteiger partial charge in [0.05, 0.1) is 18.0 Å². The van der Waals surface area contributed by atoms with Crippen LogP contribution in [0.5, 0.6) is 5.75 Å². The predicted molar refractivity (Wildman–Crippen MR) is 118 cm³/mol. The number of urea groups is 1. The minimum atomic E-state index is -0.118. The first kappa shape index (κ1) is 19.7. The summed E-state index contributed by atoms with van der Waals surface area (Å²) in [6, 6.07) is 21.3. The van der Waals surface area contributed by atoms with E-state index in [1.54, 1.807) is 0 Å². The van der Waals surface area contributed by atoms with Gasteiger partial charge in [-0.1, -0.05) is 42.5 Å². The van der Waals surface area contributed by atoms with Crippen LogP contribution in [0, 0.1) is 0 Å². The summed E-state index contributed by atoms with van der Waals surface area (Å²) in [5, 5.41) is 11.7. The molecule has 0 saturated carbocycles. The number of aromatic nitrogens is 2. The molecule has 1 aliphatic rings. The van der Waals surface area contributed by atoms with Crippen LogP contribution < -0.4 is 15.0 Å². The van der Waals surface area contributed by atoms with Gasteiger partial charge in [0.25, 0.3) is 0 Å². The van der Waals surface area contributed by atoms with Crippen molar-refractivity contribution in [2.24, 2.45) is 0 Å². The van der Waals surface area contributed by atoms with E-state index in [0.29, 0.717) is 44.2 Å². The summed E-state index contributed by atoms with van der Waals surface area (Å²) in [4.78, 5) is 16.6. The van der Waals surface area contributed by atoms with Crippen LogP contribution in [0.3, 0.4) is 0 Å². The van der Waals surface area contributed by atoms with E-state index in [1.165, 1.54) is 0 Å². The van der Waals surface area contributed by atoms with Gasteiger partial charge in [-0.25, -0.2) is 4.79 Å². The first-order chi connectivity index (χ1) is 14.7. The molecule has 0 radical (unpaired) electrons. The Balaban J connectivity index is 1.34. The normalized spacial score (nSPS) is 13.8. The molecule has 4 rings (SSSR count). The number of hydrogen-bond acceptors (Lipinski definition) is 5. The van der Waals surface area contributed by atoms with Crippen molar-refractivity contribution < 1.29 is 9.53 Å². The van der Waals surface area contributed by atoms with Crippen LogP contribution in [0.15, 0.2) is 66.7 Å². The highest BCUT2D eigenvalue weighted by Gasteiger charge is 2.23. The molecule has 2 amide bonds. The third kappa shape index (κ3) is 4.51. The average molecular weight is 403 g/mol. The molecule has 30 heavy (non-hydrogen) atoms. The van der Waals surface area contributed by atoms with E-state index in [4.69, 9.17) is 4.74 Å². The van der Waals surface area contributed by atoms with Crippen LogP contribution in [0.2, 0.25) is 0 Å². The van der Waals surface area contributed by atoms with Crippen LogP contribution in [0.25, 0.3) is 11.3 Å². The Bertz CT molecular complexity index is 970. The van der Waals surface area contributed by atoms with Gasteiger partial charge in [0, 0.05) is 31.7 Å². The van der Waals surface area contributed by atoms with E-state index in [-0.39, 0.29) is 6.03 Å². The average Bonchev–Trinajstić information content (AvgIpc) is 2.81. The number of para-hydroxylation sites is 2. The fourth-order valence-corrected chi connectivity index (χ4v) is 3.44. The van der Waals surface area contributed by atoms with Gasteiger partial charge < -0.3 is 19.9 Å². The van der Waals surface area contributed by atoms with Crippen molar-refractivity contribution in [3.05, 3.63) is 66.7 Å². The fraction of sp³-hybridized carbons (Fsp3) is 0.261. The summed E-state index contributed by atoms with van der Waals surface area (Å²) < 4.78 is 5.58. The summed E-state index contributed by atoms with van der Waals surface area (Å²) in [5.41, 5.74) is 2.59. The third-order valence-electron chi connectivity index (χ3n) is 5.04. The number of piperazine rings is 1. The molecule has 0 unspecified atom stereocenters. The number of nitrogens with zero attached hydrogens (tertiary/aromatic N) is 4. The Kier molecular flexibility index (Phi) is 6.08. The van der Waals surface area contributed by atoms with E-state index in [9.17, 15) is 4.79 Å². The van der Waals surface area contributed by atoms with Gasteiger partial charge in [0.2, 0.25) is 0 Å². The summed E-state index contributed by atoms with van der Waals surface area (Å²) in [6.07, 6.45) is 0. The van der Waals surface area contributed by atoms with Crippen molar-refractivity contribution in [1.29, 1.82) is 0 Å². The highest BCUT2D eigenvalue weighted by molar-refractivity contribution is 5.91. The second-order valence-corrected chi connectivity index (χ2v) is 6.98. The smallest absolute Gasteiger partial charge is 0.322 e. The molecular weight excluding hydrogens is 378 g/mol. The lowest BCUT2D eigenvalue weighted by Gasteiger charge is -2.35. The molecular formula is C23H25N5O2. The predicted octanol–water partition coefficient (Wildman–Crippen LogP) is 3.90. The van der Waals surface area contributed by atoms with Gasteiger partial charge in [-0.15, -0.1) is 10.2 Å². The number of ether oxygens (including phenoxy) is 1. The molecule has 0 bridgehead atoms. The van der Waals surface area contributed by atoms with E-state index < -0.39 is 0 Å². The second-order valence-electron chi connectivity index (χ2n) is 6.98. The summed E-state index contributed by atoms with van der Waals surface area (Å²) >= 11 is 0. The minimum absolute atomic E-state index is 0.118. The lowest BCUT2D eigenvalue weighted by Crippen LogP contribution is -2.50. The lowest BCUT2D eigenvalue weighted by molar-refractivity contribution is 0.208. The topological polar surface area (TPSA) is 70.6 Å². The maximum atomic E-state index is 12.7. The van der Waals surface area contributed by atoms with E-state index in [2.05, 4.69) is 20.4 Å². The number of benzene rings is 2. The van der Waals surface area contributed by atoms with Crippen molar-refractivity contribution in [2.45, 2.75) is 6.92 Å². The molecule has 1 saturated heterocycles. The van der Waals surface area contributed by atoms with Gasteiger partial charge in [-0.05, 0) is 31.2 Å². The Morgan fingerprint density at radius 1 is 0.933 bits per heavy atom.